The Hall–Kier alpha value is -4.04. The molecule has 3 rings (SSSR count). The molecule has 1 saturated heterocycles. The number of rotatable bonds is 19. The van der Waals surface area contributed by atoms with E-state index in [2.05, 4.69) is 54.2 Å². The number of aromatic nitrogens is 6. The molecular weight excluding hydrogens is 660 g/mol. The Morgan fingerprint density at radius 3 is 2.12 bits per heavy atom. The number of likely N-dealkylation sites (N-methyl/N-ethyl adjacent to an activating group) is 1. The minimum absolute atomic E-state index is 0.00360. The molecule has 0 aliphatic carbocycles. The number of nitrogens with two attached hydrogens (primary N) is 4. The zero-order chi connectivity index (χ0) is 38.3. The van der Waals surface area contributed by atoms with Gasteiger partial charge in [-0.05, 0) is 34.2 Å². The maximum Gasteiger partial charge on any atom is 0.323 e. The number of amides is 2. The van der Waals surface area contributed by atoms with Gasteiger partial charge in [-0.3, -0.25) is 24.0 Å². The number of ether oxygens (including phenoxy) is 2. The lowest BCUT2D eigenvalue weighted by molar-refractivity contribution is -0.122. The van der Waals surface area contributed by atoms with Gasteiger partial charge in [0.25, 0.3) is 0 Å². The summed E-state index contributed by atoms with van der Waals surface area (Å²) in [5, 5.41) is 10.5. The van der Waals surface area contributed by atoms with Crippen molar-refractivity contribution in [2.45, 2.75) is 79.6 Å². The second-order valence-corrected chi connectivity index (χ2v) is 12.7. The van der Waals surface area contributed by atoms with Crippen LogP contribution in [0, 0.1) is 5.92 Å². The van der Waals surface area contributed by atoms with Crippen LogP contribution in [0.5, 0.6) is 6.01 Å². The summed E-state index contributed by atoms with van der Waals surface area (Å²) in [6.45, 7) is 18.5. The maximum atomic E-state index is 11.3. The van der Waals surface area contributed by atoms with Crippen molar-refractivity contribution in [1.29, 1.82) is 0 Å². The van der Waals surface area contributed by atoms with Crippen molar-refractivity contribution in [3.05, 3.63) is 11.9 Å². The lowest BCUT2D eigenvalue weighted by atomic mass is 10.1. The van der Waals surface area contributed by atoms with Gasteiger partial charge < -0.3 is 47.5 Å². The largest absolute Gasteiger partial charge is 0.461 e. The molecule has 51 heavy (non-hydrogen) atoms. The monoisotopic (exact) mass is 723 g/mol. The quantitative estimate of drug-likeness (QED) is 0.108. The number of aryl methyl sites for hydroxylation is 1. The Morgan fingerprint density at radius 2 is 1.61 bits per heavy atom. The average molecular weight is 723 g/mol. The van der Waals surface area contributed by atoms with Gasteiger partial charge in [-0.1, -0.05) is 19.1 Å². The van der Waals surface area contributed by atoms with E-state index < -0.39 is 5.91 Å². The van der Waals surface area contributed by atoms with E-state index in [1.807, 2.05) is 27.7 Å². The molecule has 2 amide bonds. The summed E-state index contributed by atoms with van der Waals surface area (Å²) in [7, 11) is 1.70. The number of primary amides is 1. The number of carbonyl (C=O) groups excluding carboxylic acids is 3. The van der Waals surface area contributed by atoms with Crippen molar-refractivity contribution < 1.29 is 23.9 Å². The third-order valence-electron chi connectivity index (χ3n) is 7.22. The third kappa shape index (κ3) is 19.2. The summed E-state index contributed by atoms with van der Waals surface area (Å²) in [4.78, 5) is 52.6. The molecule has 3 heterocycles. The molecule has 2 aromatic heterocycles. The molecule has 19 nitrogen and oxygen atoms in total. The molecule has 0 aromatic carbocycles. The van der Waals surface area contributed by atoms with Crippen molar-refractivity contribution >= 4 is 29.5 Å². The zero-order valence-electron chi connectivity index (χ0n) is 31.6. The van der Waals surface area contributed by atoms with E-state index in [-0.39, 0.29) is 36.2 Å². The highest BCUT2D eigenvalue weighted by Crippen LogP contribution is 2.19. The van der Waals surface area contributed by atoms with E-state index in [1.54, 1.807) is 22.8 Å². The van der Waals surface area contributed by atoms with Gasteiger partial charge in [0.1, 0.15) is 12.4 Å². The number of hydrogen-bond acceptors (Lipinski definition) is 16. The molecule has 1 fully saturated rings. The van der Waals surface area contributed by atoms with Crippen LogP contribution in [-0.2, 0) is 32.2 Å². The summed E-state index contributed by atoms with van der Waals surface area (Å²) >= 11 is 0. The highest BCUT2D eigenvalue weighted by Gasteiger charge is 2.23. The molecule has 19 heteroatoms. The van der Waals surface area contributed by atoms with Crippen molar-refractivity contribution in [2.75, 3.05) is 82.5 Å². The standard InChI is InChI=1S/C17H32N8O3.C9H17N5O.C6H13NO/c1-13(2)24-5-7-25(8-6-24)16-20-15(23(3)12-14(19)26)21-17(22-16)28-11-10-27-9-4-18;1-7(2)11-9(15)3-4-14-6-8(5-10)12-13-14;1-5(2)6(8)3-4-7/h13H,4-12,18H2,1-3H3,(H2,19,26);6-7H,3-5,10H2,1-2H3,(H,11,15);5H,3-4,7H2,1-2H3. The summed E-state index contributed by atoms with van der Waals surface area (Å²) in [5.74, 6) is 0.837. The van der Waals surface area contributed by atoms with Crippen molar-refractivity contribution in [3.8, 4) is 6.01 Å². The van der Waals surface area contributed by atoms with Crippen LogP contribution in [0.2, 0.25) is 0 Å². The Balaban J connectivity index is 0.000000469. The van der Waals surface area contributed by atoms with E-state index in [1.165, 1.54) is 0 Å². The zero-order valence-corrected chi connectivity index (χ0v) is 31.6. The van der Waals surface area contributed by atoms with Crippen molar-refractivity contribution in [3.63, 3.8) is 0 Å². The van der Waals surface area contributed by atoms with Crippen LogP contribution in [0.15, 0.2) is 6.20 Å². The predicted molar refractivity (Wildman–Crippen MR) is 196 cm³/mol. The molecule has 0 spiro atoms. The topological polar surface area (TPSA) is 265 Å². The fourth-order valence-corrected chi connectivity index (χ4v) is 4.41. The van der Waals surface area contributed by atoms with Gasteiger partial charge in [0, 0.05) is 83.4 Å². The van der Waals surface area contributed by atoms with Crippen LogP contribution in [0.3, 0.4) is 0 Å². The Morgan fingerprint density at radius 1 is 0.922 bits per heavy atom. The van der Waals surface area contributed by atoms with Crippen molar-refractivity contribution in [2.24, 2.45) is 28.9 Å². The van der Waals surface area contributed by atoms with Gasteiger partial charge in [-0.2, -0.15) is 15.0 Å². The van der Waals surface area contributed by atoms with E-state index in [0.29, 0.717) is 76.8 Å². The number of nitrogens with zero attached hydrogens (tertiary/aromatic N) is 9. The number of carbonyl (C=O) groups is 3. The Bertz CT molecular complexity index is 1280. The first-order valence-electron chi connectivity index (χ1n) is 17.5. The SMILES string of the molecule is CC(C)C(=O)CCN.CC(C)N1CCN(c2nc(OCCOCCN)nc(N(C)CC(N)=O)n2)CC1.CC(C)NC(=O)CCn1cc(CN)nn1. The number of Topliss-reactive ketones (excluding diaryl/α,β-unsaturated/α-hetero) is 1. The Kier molecular flexibility index (Phi) is 22.0. The predicted octanol–water partition coefficient (Wildman–Crippen LogP) is -1.11. The fraction of sp³-hybridized carbons (Fsp3) is 0.750. The van der Waals surface area contributed by atoms with Crippen LogP contribution in [0.4, 0.5) is 11.9 Å². The molecular formula is C32H62N14O5. The van der Waals surface area contributed by atoms with E-state index in [0.717, 1.165) is 31.9 Å². The van der Waals surface area contributed by atoms with Gasteiger partial charge in [0.2, 0.25) is 23.7 Å². The van der Waals surface area contributed by atoms with Crippen LogP contribution >= 0.6 is 0 Å². The first-order chi connectivity index (χ1) is 24.2. The smallest absolute Gasteiger partial charge is 0.323 e. The molecule has 0 atom stereocenters. The Labute approximate surface area is 302 Å². The number of hydrogen-bond donors (Lipinski definition) is 5. The number of anilines is 2. The van der Waals surface area contributed by atoms with E-state index >= 15 is 0 Å². The summed E-state index contributed by atoms with van der Waals surface area (Å²) in [6, 6.07) is 0.872. The highest BCUT2D eigenvalue weighted by atomic mass is 16.5. The fourth-order valence-electron chi connectivity index (χ4n) is 4.41. The number of ketones is 1. The molecule has 0 bridgehead atoms. The molecule has 0 radical (unpaired) electrons. The molecule has 2 aromatic rings. The lowest BCUT2D eigenvalue weighted by Gasteiger charge is -2.37. The van der Waals surface area contributed by atoms with Gasteiger partial charge in [-0.15, -0.1) is 5.10 Å². The van der Waals surface area contributed by atoms with Gasteiger partial charge in [-0.25, -0.2) is 0 Å². The highest BCUT2D eigenvalue weighted by molar-refractivity contribution is 5.80. The average Bonchev–Trinajstić information content (AvgIpc) is 3.55. The summed E-state index contributed by atoms with van der Waals surface area (Å²) in [5.41, 5.74) is 22.0. The van der Waals surface area contributed by atoms with Crippen LogP contribution in [0.1, 0.15) is 60.1 Å². The molecule has 0 saturated carbocycles. The van der Waals surface area contributed by atoms with Gasteiger partial charge in [0.05, 0.1) is 32.0 Å². The van der Waals surface area contributed by atoms with E-state index in [4.69, 9.17) is 32.4 Å². The first kappa shape index (κ1) is 45.0. The van der Waals surface area contributed by atoms with Gasteiger partial charge in [0.15, 0.2) is 0 Å². The minimum atomic E-state index is -0.465. The first-order valence-corrected chi connectivity index (χ1v) is 17.5. The lowest BCUT2D eigenvalue weighted by Crippen LogP contribution is -2.49. The molecule has 9 N–H and O–H groups in total. The second kappa shape index (κ2) is 25.0. The minimum Gasteiger partial charge on any atom is -0.461 e. The maximum absolute atomic E-state index is 11.3. The molecule has 1 aliphatic heterocycles. The molecule has 290 valence electrons. The van der Waals surface area contributed by atoms with Crippen molar-refractivity contribution in [1.82, 2.24) is 40.2 Å². The molecule has 0 unspecified atom stereocenters. The summed E-state index contributed by atoms with van der Waals surface area (Å²) < 4.78 is 12.6. The molecule has 1 aliphatic rings. The summed E-state index contributed by atoms with van der Waals surface area (Å²) in [6.07, 6.45) is 2.69. The number of nitrogens with one attached hydrogen (secondary N) is 1. The normalized spacial score (nSPS) is 13.0. The van der Waals surface area contributed by atoms with Crippen LogP contribution < -0.4 is 42.8 Å². The second-order valence-electron chi connectivity index (χ2n) is 12.7. The number of piperazine rings is 1. The third-order valence-corrected chi connectivity index (χ3v) is 7.22. The van der Waals surface area contributed by atoms with Crippen LogP contribution in [0.25, 0.3) is 0 Å². The van der Waals surface area contributed by atoms with Crippen LogP contribution in [-0.4, -0.2) is 137 Å². The van der Waals surface area contributed by atoms with Gasteiger partial charge >= 0.3 is 6.01 Å². The van der Waals surface area contributed by atoms with E-state index in [9.17, 15) is 14.4 Å².